The molecule has 0 aliphatic heterocycles. The summed E-state index contributed by atoms with van der Waals surface area (Å²) in [6.07, 6.45) is 4.37. The number of halogens is 1. The van der Waals surface area contributed by atoms with E-state index < -0.39 is 17.5 Å². The number of ether oxygens (including phenoxy) is 1. The highest BCUT2D eigenvalue weighted by atomic mass is 79.9. The molecule has 1 amide bonds. The molecule has 1 aromatic heterocycles. The Balaban J connectivity index is 1.62. The second-order valence-electron chi connectivity index (χ2n) is 7.06. The lowest BCUT2D eigenvalue weighted by Gasteiger charge is -2.58. The molecule has 4 aliphatic carbocycles. The molecular weight excluding hydrogens is 350 g/mol. The van der Waals surface area contributed by atoms with Crippen molar-refractivity contribution in [1.82, 2.24) is 0 Å². The standard InChI is InChI=1S/C16H18BrNO4/c17-12-2-1-11(21-12)14(19)22-13-10-4-8-3-9(5-10)7-16(13,6-8)15(18)20/h1-2,8-10,13H,3-7H2,(H2,18,20). The van der Waals surface area contributed by atoms with Gasteiger partial charge >= 0.3 is 5.97 Å². The van der Waals surface area contributed by atoms with E-state index in [9.17, 15) is 9.59 Å². The third-order valence-corrected chi connectivity index (χ3v) is 6.14. The predicted octanol–water partition coefficient (Wildman–Crippen LogP) is 2.88. The summed E-state index contributed by atoms with van der Waals surface area (Å²) >= 11 is 3.17. The van der Waals surface area contributed by atoms with Gasteiger partial charge < -0.3 is 14.9 Å². The van der Waals surface area contributed by atoms with Crippen LogP contribution in [-0.4, -0.2) is 18.0 Å². The van der Waals surface area contributed by atoms with Crippen LogP contribution in [0.25, 0.3) is 0 Å². The summed E-state index contributed by atoms with van der Waals surface area (Å²) in [6, 6.07) is 3.22. The van der Waals surface area contributed by atoms with E-state index >= 15 is 0 Å². The Labute approximate surface area is 136 Å². The lowest BCUT2D eigenvalue weighted by atomic mass is 9.48. The van der Waals surface area contributed by atoms with Crippen molar-refractivity contribution in [3.05, 3.63) is 22.6 Å². The van der Waals surface area contributed by atoms with Gasteiger partial charge in [-0.3, -0.25) is 4.79 Å². The first-order valence-corrected chi connectivity index (χ1v) is 8.53. The second kappa shape index (κ2) is 4.85. The summed E-state index contributed by atoms with van der Waals surface area (Å²) in [5, 5.41) is 0. The van der Waals surface area contributed by atoms with Crippen molar-refractivity contribution in [1.29, 1.82) is 0 Å². The quantitative estimate of drug-likeness (QED) is 0.832. The largest absolute Gasteiger partial charge is 0.455 e. The number of rotatable bonds is 3. The van der Waals surface area contributed by atoms with Crippen molar-refractivity contribution < 1.29 is 18.7 Å². The Hall–Kier alpha value is -1.30. The number of amides is 1. The fraction of sp³-hybridized carbons (Fsp3) is 0.625. The van der Waals surface area contributed by atoms with Gasteiger partial charge in [-0.05, 0) is 77.9 Å². The third kappa shape index (κ3) is 2.03. The summed E-state index contributed by atoms with van der Waals surface area (Å²) < 4.78 is 11.5. The predicted molar refractivity (Wildman–Crippen MR) is 80.8 cm³/mol. The average Bonchev–Trinajstić information content (AvgIpc) is 2.88. The molecule has 0 saturated heterocycles. The maximum atomic E-state index is 12.3. The van der Waals surface area contributed by atoms with Crippen molar-refractivity contribution >= 4 is 27.8 Å². The van der Waals surface area contributed by atoms with Crippen molar-refractivity contribution in [2.45, 2.75) is 38.2 Å². The van der Waals surface area contributed by atoms with Crippen molar-refractivity contribution in [2.24, 2.45) is 28.9 Å². The summed E-state index contributed by atoms with van der Waals surface area (Å²) in [4.78, 5) is 24.5. The fourth-order valence-electron chi connectivity index (χ4n) is 5.14. The SMILES string of the molecule is NC(=O)C12CC3CC(CC(C3)C1OC(=O)c1ccc(Br)o1)C2. The van der Waals surface area contributed by atoms with E-state index in [-0.39, 0.29) is 17.6 Å². The van der Waals surface area contributed by atoms with E-state index in [0.29, 0.717) is 16.5 Å². The zero-order valence-corrected chi connectivity index (χ0v) is 13.7. The van der Waals surface area contributed by atoms with Gasteiger partial charge in [-0.15, -0.1) is 0 Å². The first kappa shape index (κ1) is 14.3. The maximum absolute atomic E-state index is 12.3. The first-order chi connectivity index (χ1) is 10.5. The highest BCUT2D eigenvalue weighted by Gasteiger charge is 2.61. The molecule has 3 unspecified atom stereocenters. The second-order valence-corrected chi connectivity index (χ2v) is 7.84. The van der Waals surface area contributed by atoms with Gasteiger partial charge in [-0.25, -0.2) is 4.79 Å². The Bertz CT molecular complexity index is 626. The van der Waals surface area contributed by atoms with Gasteiger partial charge in [0.2, 0.25) is 11.7 Å². The van der Waals surface area contributed by atoms with Crippen molar-refractivity contribution in [3.63, 3.8) is 0 Å². The van der Waals surface area contributed by atoms with Crippen LogP contribution in [0.3, 0.4) is 0 Å². The van der Waals surface area contributed by atoms with Crippen molar-refractivity contribution in [2.75, 3.05) is 0 Å². The topological polar surface area (TPSA) is 82.5 Å². The summed E-state index contributed by atoms with van der Waals surface area (Å²) in [6.45, 7) is 0. The van der Waals surface area contributed by atoms with E-state index in [4.69, 9.17) is 14.9 Å². The highest BCUT2D eigenvalue weighted by Crippen LogP contribution is 2.60. The van der Waals surface area contributed by atoms with Crippen LogP contribution in [-0.2, 0) is 9.53 Å². The molecule has 4 aliphatic rings. The van der Waals surface area contributed by atoms with Crippen LogP contribution in [0.2, 0.25) is 0 Å². The minimum atomic E-state index is -0.672. The third-order valence-electron chi connectivity index (χ3n) is 5.72. The molecule has 3 atom stereocenters. The summed E-state index contributed by atoms with van der Waals surface area (Å²) in [7, 11) is 0. The lowest BCUT2D eigenvalue weighted by Crippen LogP contribution is -2.62. The molecule has 22 heavy (non-hydrogen) atoms. The Kier molecular flexibility index (Phi) is 3.15. The van der Waals surface area contributed by atoms with Gasteiger partial charge in [0, 0.05) is 0 Å². The zero-order chi connectivity index (χ0) is 15.5. The normalized spacial score (nSPS) is 39.0. The van der Waals surface area contributed by atoms with E-state index in [2.05, 4.69) is 15.9 Å². The minimum absolute atomic E-state index is 0.153. The maximum Gasteiger partial charge on any atom is 0.374 e. The van der Waals surface area contributed by atoms with Gasteiger partial charge in [0.25, 0.3) is 0 Å². The molecule has 2 N–H and O–H groups in total. The molecule has 118 valence electrons. The van der Waals surface area contributed by atoms with E-state index in [1.54, 1.807) is 12.1 Å². The smallest absolute Gasteiger partial charge is 0.374 e. The van der Waals surface area contributed by atoms with Crippen LogP contribution in [0.15, 0.2) is 21.2 Å². The molecular formula is C16H18BrNO4. The molecule has 1 aromatic rings. The number of carbonyl (C=O) groups excluding carboxylic acids is 2. The van der Waals surface area contributed by atoms with Gasteiger partial charge in [0.1, 0.15) is 6.10 Å². The number of hydrogen-bond donors (Lipinski definition) is 1. The Morgan fingerprint density at radius 2 is 1.91 bits per heavy atom. The molecule has 5 rings (SSSR count). The highest BCUT2D eigenvalue weighted by molar-refractivity contribution is 9.10. The first-order valence-electron chi connectivity index (χ1n) is 7.74. The molecule has 1 heterocycles. The van der Waals surface area contributed by atoms with E-state index in [1.165, 1.54) is 6.42 Å². The lowest BCUT2D eigenvalue weighted by molar-refractivity contribution is -0.174. The van der Waals surface area contributed by atoms with Gasteiger partial charge in [-0.2, -0.15) is 0 Å². The van der Waals surface area contributed by atoms with Crippen LogP contribution in [0.5, 0.6) is 0 Å². The zero-order valence-electron chi connectivity index (χ0n) is 12.1. The van der Waals surface area contributed by atoms with Gasteiger partial charge in [0.15, 0.2) is 4.67 Å². The number of hydrogen-bond acceptors (Lipinski definition) is 4. The molecule has 0 spiro atoms. The van der Waals surface area contributed by atoms with E-state index in [1.807, 2.05) is 0 Å². The number of nitrogens with two attached hydrogens (primary N) is 1. The molecule has 4 fully saturated rings. The fourth-order valence-corrected chi connectivity index (χ4v) is 5.45. The Morgan fingerprint density at radius 3 is 2.45 bits per heavy atom. The van der Waals surface area contributed by atoms with Crippen LogP contribution in [0, 0.1) is 23.2 Å². The Morgan fingerprint density at radius 1 is 1.23 bits per heavy atom. The average molecular weight is 368 g/mol. The van der Waals surface area contributed by atoms with Crippen molar-refractivity contribution in [3.8, 4) is 0 Å². The van der Waals surface area contributed by atoms with Crippen LogP contribution >= 0.6 is 15.9 Å². The molecule has 5 nitrogen and oxygen atoms in total. The molecule has 0 radical (unpaired) electrons. The summed E-state index contributed by atoms with van der Waals surface area (Å²) in [5.41, 5.74) is 5.07. The molecule has 6 heteroatoms. The van der Waals surface area contributed by atoms with Crippen LogP contribution in [0.1, 0.15) is 42.7 Å². The number of furan rings is 1. The molecule has 4 saturated carbocycles. The van der Waals surface area contributed by atoms with Gasteiger partial charge in [0.05, 0.1) is 5.41 Å². The molecule has 4 bridgehead atoms. The number of esters is 1. The van der Waals surface area contributed by atoms with Gasteiger partial charge in [-0.1, -0.05) is 0 Å². The van der Waals surface area contributed by atoms with E-state index in [0.717, 1.165) is 25.7 Å². The number of primary amides is 1. The van der Waals surface area contributed by atoms with Crippen LogP contribution in [0.4, 0.5) is 0 Å². The number of carbonyl (C=O) groups is 2. The monoisotopic (exact) mass is 367 g/mol. The minimum Gasteiger partial charge on any atom is -0.455 e. The summed E-state index contributed by atoms with van der Waals surface area (Å²) in [5.74, 6) is 0.686. The van der Waals surface area contributed by atoms with Crippen LogP contribution < -0.4 is 5.73 Å². The molecule has 0 aromatic carbocycles.